The van der Waals surface area contributed by atoms with Crippen LogP contribution in [0.2, 0.25) is 0 Å². The molecule has 0 saturated carbocycles. The molecule has 0 atom stereocenters. The van der Waals surface area contributed by atoms with Gasteiger partial charge in [0.15, 0.2) is 5.82 Å². The highest BCUT2D eigenvalue weighted by atomic mass is 35.5. The molecule has 14 heavy (non-hydrogen) atoms. The van der Waals surface area contributed by atoms with Gasteiger partial charge in [0.2, 0.25) is 0 Å². The second-order valence-electron chi connectivity index (χ2n) is 3.49. The highest BCUT2D eigenvalue weighted by Gasteiger charge is 2.28. The zero-order chi connectivity index (χ0) is 10.6. The van der Waals surface area contributed by atoms with Gasteiger partial charge in [0.1, 0.15) is 0 Å². The number of nitrogens with zero attached hydrogens (tertiary/aromatic N) is 4. The predicted molar refractivity (Wildman–Crippen MR) is 56.7 cm³/mol. The molecule has 80 valence electrons. The molecule has 4 nitrogen and oxygen atoms in total. The summed E-state index contributed by atoms with van der Waals surface area (Å²) in [5.41, 5.74) is -0.105. The van der Waals surface area contributed by atoms with E-state index in [-0.39, 0.29) is 5.41 Å². The minimum Gasteiger partial charge on any atom is -0.167 e. The van der Waals surface area contributed by atoms with Gasteiger partial charge in [-0.05, 0) is 11.6 Å². The predicted octanol–water partition coefficient (Wildman–Crippen LogP) is 1.63. The van der Waals surface area contributed by atoms with Crippen molar-refractivity contribution < 1.29 is 0 Å². The van der Waals surface area contributed by atoms with E-state index < -0.39 is 0 Å². The van der Waals surface area contributed by atoms with Gasteiger partial charge in [0.05, 0.1) is 7.05 Å². The van der Waals surface area contributed by atoms with Crippen molar-refractivity contribution in [1.82, 2.24) is 20.2 Å². The Labute approximate surface area is 93.6 Å². The van der Waals surface area contributed by atoms with E-state index in [1.165, 1.54) is 4.80 Å². The summed E-state index contributed by atoms with van der Waals surface area (Å²) in [6.45, 7) is 2.07. The minimum atomic E-state index is -0.105. The molecule has 0 aromatic carbocycles. The van der Waals surface area contributed by atoms with Crippen LogP contribution in [0.25, 0.3) is 0 Å². The minimum absolute atomic E-state index is 0.105. The van der Waals surface area contributed by atoms with E-state index in [1.54, 1.807) is 7.05 Å². The van der Waals surface area contributed by atoms with Crippen LogP contribution in [-0.2, 0) is 13.5 Å². The van der Waals surface area contributed by atoms with Crippen LogP contribution >= 0.6 is 23.2 Å². The Kier molecular flexibility index (Phi) is 4.13. The van der Waals surface area contributed by atoms with Crippen LogP contribution < -0.4 is 0 Å². The van der Waals surface area contributed by atoms with Crippen molar-refractivity contribution in [3.8, 4) is 0 Å². The van der Waals surface area contributed by atoms with Gasteiger partial charge in [0, 0.05) is 23.6 Å². The summed E-state index contributed by atoms with van der Waals surface area (Å²) in [7, 11) is 1.74. The van der Waals surface area contributed by atoms with Gasteiger partial charge in [-0.15, -0.1) is 33.4 Å². The molecular weight excluding hydrogens is 223 g/mol. The quantitative estimate of drug-likeness (QED) is 0.731. The Hall–Kier alpha value is -0.350. The monoisotopic (exact) mass is 236 g/mol. The topological polar surface area (TPSA) is 43.6 Å². The molecule has 1 heterocycles. The van der Waals surface area contributed by atoms with Crippen LogP contribution in [0.1, 0.15) is 19.2 Å². The third-order valence-electron chi connectivity index (χ3n) is 2.40. The molecule has 0 unspecified atom stereocenters. The van der Waals surface area contributed by atoms with Gasteiger partial charge in [-0.2, -0.15) is 4.80 Å². The number of aryl methyl sites for hydroxylation is 1. The van der Waals surface area contributed by atoms with Crippen molar-refractivity contribution in [2.24, 2.45) is 12.5 Å². The van der Waals surface area contributed by atoms with E-state index in [1.807, 2.05) is 0 Å². The largest absolute Gasteiger partial charge is 0.175 e. The lowest BCUT2D eigenvalue weighted by Gasteiger charge is -2.26. The van der Waals surface area contributed by atoms with Gasteiger partial charge in [-0.3, -0.25) is 0 Å². The average molecular weight is 237 g/mol. The summed E-state index contributed by atoms with van der Waals surface area (Å²) in [6, 6.07) is 0. The Morgan fingerprint density at radius 2 is 2.00 bits per heavy atom. The lowest BCUT2D eigenvalue weighted by molar-refractivity contribution is 0.353. The van der Waals surface area contributed by atoms with Crippen molar-refractivity contribution in [2.75, 3.05) is 11.8 Å². The van der Waals surface area contributed by atoms with Crippen LogP contribution in [0.3, 0.4) is 0 Å². The maximum Gasteiger partial charge on any atom is 0.175 e. The molecule has 0 fully saturated rings. The first-order valence-corrected chi connectivity index (χ1v) is 5.57. The van der Waals surface area contributed by atoms with Gasteiger partial charge in [-0.1, -0.05) is 6.92 Å². The zero-order valence-corrected chi connectivity index (χ0v) is 9.89. The number of aromatic nitrogens is 4. The molecule has 0 aliphatic carbocycles. The molecule has 1 aromatic heterocycles. The van der Waals surface area contributed by atoms with E-state index in [4.69, 9.17) is 23.2 Å². The van der Waals surface area contributed by atoms with Crippen LogP contribution in [0.4, 0.5) is 0 Å². The lowest BCUT2D eigenvalue weighted by atomic mass is 9.86. The SMILES string of the molecule is CCC(CCl)(CCl)Cc1nnn(C)n1. The summed E-state index contributed by atoms with van der Waals surface area (Å²) in [4.78, 5) is 1.44. The first-order valence-electron chi connectivity index (χ1n) is 4.50. The number of alkyl halides is 2. The average Bonchev–Trinajstić information content (AvgIpc) is 2.61. The van der Waals surface area contributed by atoms with E-state index in [0.717, 1.165) is 6.42 Å². The number of hydrogen-bond acceptors (Lipinski definition) is 3. The molecule has 0 bridgehead atoms. The molecule has 0 saturated heterocycles. The lowest BCUT2D eigenvalue weighted by Crippen LogP contribution is -2.27. The van der Waals surface area contributed by atoms with Gasteiger partial charge in [0.25, 0.3) is 0 Å². The van der Waals surface area contributed by atoms with Crippen molar-refractivity contribution in [2.45, 2.75) is 19.8 Å². The number of tetrazole rings is 1. The summed E-state index contributed by atoms with van der Waals surface area (Å²) >= 11 is 11.8. The van der Waals surface area contributed by atoms with Gasteiger partial charge in [-0.25, -0.2) is 0 Å². The van der Waals surface area contributed by atoms with E-state index in [2.05, 4.69) is 22.3 Å². The molecule has 0 aliphatic heterocycles. The summed E-state index contributed by atoms with van der Waals surface area (Å²) in [5.74, 6) is 1.74. The molecule has 0 amide bonds. The van der Waals surface area contributed by atoms with Gasteiger partial charge >= 0.3 is 0 Å². The normalized spacial score (nSPS) is 12.0. The second-order valence-corrected chi connectivity index (χ2v) is 4.03. The Balaban J connectivity index is 2.73. The van der Waals surface area contributed by atoms with E-state index in [9.17, 15) is 0 Å². The van der Waals surface area contributed by atoms with Crippen molar-refractivity contribution in [3.63, 3.8) is 0 Å². The summed E-state index contributed by atoms with van der Waals surface area (Å²) < 4.78 is 0. The number of rotatable bonds is 5. The summed E-state index contributed by atoms with van der Waals surface area (Å²) in [5, 5.41) is 11.8. The van der Waals surface area contributed by atoms with Crippen molar-refractivity contribution >= 4 is 23.2 Å². The molecule has 0 N–H and O–H groups in total. The van der Waals surface area contributed by atoms with Crippen LogP contribution in [-0.4, -0.2) is 32.0 Å². The first-order chi connectivity index (χ1) is 6.65. The second kappa shape index (κ2) is 4.94. The number of halogens is 2. The first kappa shape index (κ1) is 11.7. The third-order valence-corrected chi connectivity index (χ3v) is 3.53. The van der Waals surface area contributed by atoms with E-state index in [0.29, 0.717) is 24.0 Å². The smallest absolute Gasteiger partial charge is 0.167 e. The van der Waals surface area contributed by atoms with Crippen LogP contribution in [0.15, 0.2) is 0 Å². The highest BCUT2D eigenvalue weighted by molar-refractivity contribution is 6.21. The molecule has 6 heteroatoms. The summed E-state index contributed by atoms with van der Waals surface area (Å²) in [6.07, 6.45) is 1.60. The van der Waals surface area contributed by atoms with Crippen molar-refractivity contribution in [3.05, 3.63) is 5.82 Å². The molecule has 0 aliphatic rings. The van der Waals surface area contributed by atoms with Crippen molar-refractivity contribution in [1.29, 1.82) is 0 Å². The Morgan fingerprint density at radius 3 is 2.36 bits per heavy atom. The fraction of sp³-hybridized carbons (Fsp3) is 0.875. The maximum atomic E-state index is 5.91. The molecular formula is C8H14Cl2N4. The zero-order valence-electron chi connectivity index (χ0n) is 8.37. The van der Waals surface area contributed by atoms with E-state index >= 15 is 0 Å². The van der Waals surface area contributed by atoms with Gasteiger partial charge < -0.3 is 0 Å². The third kappa shape index (κ3) is 2.58. The Bertz CT molecular complexity index is 274. The van der Waals surface area contributed by atoms with Crippen LogP contribution in [0.5, 0.6) is 0 Å². The molecule has 1 rings (SSSR count). The maximum absolute atomic E-state index is 5.91. The fourth-order valence-corrected chi connectivity index (χ4v) is 2.03. The Morgan fingerprint density at radius 1 is 1.36 bits per heavy atom. The molecule has 0 spiro atoms. The molecule has 1 aromatic rings. The standard InChI is InChI=1S/C8H14Cl2N4/c1-3-8(5-9,6-10)4-7-11-13-14(2)12-7/h3-6H2,1-2H3. The molecule has 0 radical (unpaired) electrons. The number of hydrogen-bond donors (Lipinski definition) is 0. The van der Waals surface area contributed by atoms with Crippen LogP contribution in [0, 0.1) is 5.41 Å². The fourth-order valence-electron chi connectivity index (χ4n) is 1.17. The highest BCUT2D eigenvalue weighted by Crippen LogP contribution is 2.28.